The minimum Gasteiger partial charge on any atom is -0.456 e. The Morgan fingerprint density at radius 3 is 1.61 bits per heavy atom. The van der Waals surface area contributed by atoms with E-state index in [0.29, 0.717) is 28.9 Å². The summed E-state index contributed by atoms with van der Waals surface area (Å²) in [5.41, 5.74) is 11.2. The average molecular weight is 720 g/mol. The molecule has 0 aliphatic heterocycles. The lowest BCUT2D eigenvalue weighted by molar-refractivity contribution is 0.667. The Morgan fingerprint density at radius 2 is 0.839 bits per heavy atom. The number of rotatable bonds is 6. The molecule has 7 heteroatoms. The van der Waals surface area contributed by atoms with E-state index < -0.39 is 0 Å². The maximum atomic E-state index is 6.48. The van der Waals surface area contributed by atoms with Gasteiger partial charge in [-0.2, -0.15) is 0 Å². The Labute approximate surface area is 320 Å². The van der Waals surface area contributed by atoms with Crippen molar-refractivity contribution >= 4 is 44.0 Å². The molecule has 0 saturated carbocycles. The second kappa shape index (κ2) is 13.0. The molecule has 0 radical (unpaired) electrons. The van der Waals surface area contributed by atoms with E-state index in [1.54, 1.807) is 0 Å². The fourth-order valence-electron chi connectivity index (χ4n) is 7.39. The molecule has 56 heavy (non-hydrogen) atoms. The highest BCUT2D eigenvalue weighted by atomic mass is 16.3. The van der Waals surface area contributed by atoms with Gasteiger partial charge in [0.25, 0.3) is 0 Å². The van der Waals surface area contributed by atoms with Crippen LogP contribution in [0.15, 0.2) is 185 Å². The molecule has 0 aliphatic carbocycles. The molecule has 0 amide bonds. The molecular formula is C49H29N5O2. The van der Waals surface area contributed by atoms with Gasteiger partial charge in [0.1, 0.15) is 28.0 Å². The molecule has 0 aliphatic rings. The zero-order chi connectivity index (χ0) is 37.0. The van der Waals surface area contributed by atoms with Gasteiger partial charge in [-0.1, -0.05) is 127 Å². The summed E-state index contributed by atoms with van der Waals surface area (Å²) >= 11 is 0. The first kappa shape index (κ1) is 31.7. The van der Waals surface area contributed by atoms with Crippen LogP contribution in [0.1, 0.15) is 0 Å². The summed E-state index contributed by atoms with van der Waals surface area (Å²) in [5.74, 6) is 2.38. The highest BCUT2D eigenvalue weighted by molar-refractivity contribution is 6.09. The zero-order valence-corrected chi connectivity index (χ0v) is 29.8. The zero-order valence-electron chi connectivity index (χ0n) is 29.8. The molecule has 11 rings (SSSR count). The second-order valence-electron chi connectivity index (χ2n) is 13.7. The van der Waals surface area contributed by atoms with Crippen molar-refractivity contribution in [2.24, 2.45) is 0 Å². The Kier molecular flexibility index (Phi) is 7.35. The van der Waals surface area contributed by atoms with Gasteiger partial charge in [-0.3, -0.25) is 0 Å². The van der Waals surface area contributed by atoms with E-state index in [1.165, 1.54) is 0 Å². The van der Waals surface area contributed by atoms with Gasteiger partial charge in [-0.05, 0) is 59.7 Å². The van der Waals surface area contributed by atoms with E-state index >= 15 is 0 Å². The molecule has 0 spiro atoms. The van der Waals surface area contributed by atoms with E-state index in [0.717, 1.165) is 83.1 Å². The number of hydrogen-bond donors (Lipinski definition) is 0. The van der Waals surface area contributed by atoms with Crippen molar-refractivity contribution in [3.63, 3.8) is 0 Å². The largest absolute Gasteiger partial charge is 0.456 e. The Morgan fingerprint density at radius 1 is 0.286 bits per heavy atom. The van der Waals surface area contributed by atoms with Crippen LogP contribution in [0.5, 0.6) is 0 Å². The minimum absolute atomic E-state index is 0.578. The molecule has 4 heterocycles. The molecule has 0 fully saturated rings. The lowest BCUT2D eigenvalue weighted by Gasteiger charge is -2.10. The molecule has 4 aromatic heterocycles. The lowest BCUT2D eigenvalue weighted by atomic mass is 10.0. The molecular weight excluding hydrogens is 691 g/mol. The van der Waals surface area contributed by atoms with Crippen molar-refractivity contribution in [2.45, 2.75) is 0 Å². The summed E-state index contributed by atoms with van der Waals surface area (Å²) in [6.07, 6.45) is 0. The fourth-order valence-corrected chi connectivity index (χ4v) is 7.39. The third-order valence-corrected chi connectivity index (χ3v) is 10.1. The van der Waals surface area contributed by atoms with Crippen LogP contribution in [0, 0.1) is 0 Å². The van der Waals surface area contributed by atoms with Crippen molar-refractivity contribution < 1.29 is 8.83 Å². The first-order valence-corrected chi connectivity index (χ1v) is 18.4. The Balaban J connectivity index is 1.03. The summed E-state index contributed by atoms with van der Waals surface area (Å²) < 4.78 is 12.8. The smallest absolute Gasteiger partial charge is 0.180 e. The fraction of sp³-hybridized carbons (Fsp3) is 0. The van der Waals surface area contributed by atoms with Crippen molar-refractivity contribution in [3.05, 3.63) is 176 Å². The number of fused-ring (bicyclic) bond motifs is 6. The molecule has 7 aromatic carbocycles. The lowest BCUT2D eigenvalue weighted by Crippen LogP contribution is -2.00. The van der Waals surface area contributed by atoms with Crippen LogP contribution < -0.4 is 0 Å². The van der Waals surface area contributed by atoms with E-state index in [4.69, 9.17) is 33.8 Å². The van der Waals surface area contributed by atoms with Crippen LogP contribution in [-0.2, 0) is 0 Å². The Hall–Kier alpha value is -7.77. The van der Waals surface area contributed by atoms with Gasteiger partial charge in [0.2, 0.25) is 0 Å². The number of para-hydroxylation sites is 1. The third kappa shape index (κ3) is 5.49. The molecule has 11 aromatic rings. The Bertz CT molecular complexity index is 3250. The van der Waals surface area contributed by atoms with Crippen molar-refractivity contribution in [2.75, 3.05) is 0 Å². The van der Waals surface area contributed by atoms with Crippen molar-refractivity contribution in [1.82, 2.24) is 24.9 Å². The van der Waals surface area contributed by atoms with Gasteiger partial charge < -0.3 is 8.83 Å². The van der Waals surface area contributed by atoms with Crippen LogP contribution in [0.4, 0.5) is 0 Å². The maximum Gasteiger partial charge on any atom is 0.180 e. The predicted octanol–water partition coefficient (Wildman–Crippen LogP) is 12.5. The van der Waals surface area contributed by atoms with Crippen LogP contribution in [0.3, 0.4) is 0 Å². The number of aromatic nitrogens is 5. The monoisotopic (exact) mass is 719 g/mol. The predicted molar refractivity (Wildman–Crippen MR) is 223 cm³/mol. The molecule has 0 saturated heterocycles. The molecule has 262 valence electrons. The van der Waals surface area contributed by atoms with Crippen molar-refractivity contribution in [1.29, 1.82) is 0 Å². The molecule has 0 N–H and O–H groups in total. The van der Waals surface area contributed by atoms with Gasteiger partial charge in [-0.25, -0.2) is 24.9 Å². The van der Waals surface area contributed by atoms with Crippen LogP contribution in [0.2, 0.25) is 0 Å². The van der Waals surface area contributed by atoms with Crippen LogP contribution >= 0.6 is 0 Å². The van der Waals surface area contributed by atoms with E-state index in [9.17, 15) is 0 Å². The van der Waals surface area contributed by atoms with E-state index in [2.05, 4.69) is 42.5 Å². The quantitative estimate of drug-likeness (QED) is 0.169. The average Bonchev–Trinajstić information content (AvgIpc) is 3.84. The van der Waals surface area contributed by atoms with E-state index in [-0.39, 0.29) is 0 Å². The highest BCUT2D eigenvalue weighted by Gasteiger charge is 2.20. The van der Waals surface area contributed by atoms with Crippen LogP contribution in [0.25, 0.3) is 112 Å². The third-order valence-electron chi connectivity index (χ3n) is 10.1. The van der Waals surface area contributed by atoms with Gasteiger partial charge in [0, 0.05) is 44.0 Å². The first-order chi connectivity index (χ1) is 27.7. The summed E-state index contributed by atoms with van der Waals surface area (Å²) in [7, 11) is 0. The maximum absolute atomic E-state index is 6.48. The van der Waals surface area contributed by atoms with Gasteiger partial charge in [0.15, 0.2) is 28.9 Å². The minimum atomic E-state index is 0.578. The number of benzene rings is 7. The molecule has 0 unspecified atom stereocenters. The van der Waals surface area contributed by atoms with Gasteiger partial charge in [-0.15, -0.1) is 0 Å². The van der Waals surface area contributed by atoms with Crippen LogP contribution in [-0.4, -0.2) is 24.9 Å². The molecule has 0 bridgehead atoms. The summed E-state index contributed by atoms with van der Waals surface area (Å²) in [6, 6.07) is 59.0. The topological polar surface area (TPSA) is 90.7 Å². The number of furan rings is 2. The normalized spacial score (nSPS) is 11.6. The van der Waals surface area contributed by atoms with Gasteiger partial charge in [0.05, 0.1) is 0 Å². The molecule has 7 nitrogen and oxygen atoms in total. The first-order valence-electron chi connectivity index (χ1n) is 18.4. The number of hydrogen-bond acceptors (Lipinski definition) is 7. The second-order valence-corrected chi connectivity index (χ2v) is 13.7. The standard InChI is InChI=1S/C49H29N5O2/c1-4-13-30(14-5-1)33-19-12-20-34(27-33)48-52-46(32-17-8-3-9-18-32)53-49(54-48)35-24-26-41-39(28-35)37-25-23-36(29-42(37)55-41)47-50-43(31-15-6-2-7-16-31)45-44(51-47)38-21-10-11-22-40(38)56-45/h1-29H. The SMILES string of the molecule is c1ccc(-c2cccc(-c3nc(-c4ccccc4)nc(-c4ccc5oc6cc(-c7nc(-c8ccccc8)c8oc9ccccc9c8n7)ccc6c5c4)n3)c2)cc1. The molecule has 0 atom stereocenters. The van der Waals surface area contributed by atoms with Crippen molar-refractivity contribution in [3.8, 4) is 67.9 Å². The number of nitrogens with zero attached hydrogens (tertiary/aromatic N) is 5. The highest BCUT2D eigenvalue weighted by Crippen LogP contribution is 2.38. The van der Waals surface area contributed by atoms with Gasteiger partial charge >= 0.3 is 0 Å². The summed E-state index contributed by atoms with van der Waals surface area (Å²) in [6.45, 7) is 0. The summed E-state index contributed by atoms with van der Waals surface area (Å²) in [5, 5.41) is 2.87. The van der Waals surface area contributed by atoms with E-state index in [1.807, 2.05) is 133 Å². The summed E-state index contributed by atoms with van der Waals surface area (Å²) in [4.78, 5) is 25.2.